The third kappa shape index (κ3) is 1.76. The van der Waals surface area contributed by atoms with Gasteiger partial charge in [-0.2, -0.15) is 5.10 Å². The van der Waals surface area contributed by atoms with Crippen LogP contribution in [-0.4, -0.2) is 9.78 Å². The summed E-state index contributed by atoms with van der Waals surface area (Å²) in [6.07, 6.45) is 0. The Bertz CT molecular complexity index is 299. The van der Waals surface area contributed by atoms with E-state index < -0.39 is 0 Å². The number of hydrogen-bond acceptors (Lipinski definition) is 1. The van der Waals surface area contributed by atoms with Crippen LogP contribution in [0.3, 0.4) is 0 Å². The van der Waals surface area contributed by atoms with Crippen LogP contribution in [0.5, 0.6) is 0 Å². The topological polar surface area (TPSA) is 17.8 Å². The van der Waals surface area contributed by atoms with Gasteiger partial charge in [0.1, 0.15) is 0 Å². The van der Waals surface area contributed by atoms with Crippen LogP contribution in [0.25, 0.3) is 0 Å². The highest BCUT2D eigenvalue weighted by atomic mass is 127. The fourth-order valence-corrected chi connectivity index (χ4v) is 1.65. The molecule has 0 spiro atoms. The second-order valence-electron chi connectivity index (χ2n) is 3.77. The smallest absolute Gasteiger partial charge is 0.164 e. The Kier molecular flexibility index (Phi) is 2.73. The lowest BCUT2D eigenvalue weighted by molar-refractivity contribution is 0.348. The molecule has 1 heterocycles. The summed E-state index contributed by atoms with van der Waals surface area (Å²) >= 11 is 8.12. The van der Waals surface area contributed by atoms with Crippen molar-refractivity contribution < 1.29 is 0 Å². The molecule has 0 aliphatic rings. The van der Waals surface area contributed by atoms with Gasteiger partial charge in [0.25, 0.3) is 0 Å². The Morgan fingerprint density at radius 3 is 2.08 bits per heavy atom. The zero-order valence-electron chi connectivity index (χ0n) is 7.65. The minimum Gasteiger partial charge on any atom is -0.262 e. The Morgan fingerprint density at radius 2 is 1.92 bits per heavy atom. The van der Waals surface area contributed by atoms with Crippen molar-refractivity contribution in [2.24, 2.45) is 0 Å². The van der Waals surface area contributed by atoms with Gasteiger partial charge in [-0.25, -0.2) is 0 Å². The van der Waals surface area contributed by atoms with Gasteiger partial charge in [-0.05, 0) is 50.3 Å². The van der Waals surface area contributed by atoms with Crippen LogP contribution in [0.4, 0.5) is 0 Å². The monoisotopic (exact) mass is 298 g/mol. The Hall–Kier alpha value is 0.230. The molecule has 0 N–H and O–H groups in total. The summed E-state index contributed by atoms with van der Waals surface area (Å²) in [5.41, 5.74) is 1.14. The fraction of sp³-hybridized carbons (Fsp3) is 0.625. The molecule has 0 aliphatic heterocycles. The van der Waals surface area contributed by atoms with Crippen molar-refractivity contribution in [1.29, 1.82) is 0 Å². The Balaban J connectivity index is 3.28. The molecule has 0 fully saturated rings. The van der Waals surface area contributed by atoms with E-state index in [1.54, 1.807) is 0 Å². The van der Waals surface area contributed by atoms with Gasteiger partial charge in [0.15, 0.2) is 5.15 Å². The third-order valence-electron chi connectivity index (χ3n) is 1.64. The molecule has 1 aromatic heterocycles. The predicted octanol–water partition coefficient (Wildman–Crippen LogP) is 3.20. The summed E-state index contributed by atoms with van der Waals surface area (Å²) in [6.45, 7) is 8.37. The summed E-state index contributed by atoms with van der Waals surface area (Å²) in [6, 6.07) is 0. The van der Waals surface area contributed by atoms with E-state index in [1.807, 2.05) is 11.6 Å². The number of rotatable bonds is 0. The highest BCUT2D eigenvalue weighted by Crippen LogP contribution is 2.25. The van der Waals surface area contributed by atoms with E-state index in [4.69, 9.17) is 11.6 Å². The maximum Gasteiger partial charge on any atom is 0.164 e. The van der Waals surface area contributed by atoms with Crippen LogP contribution in [0.15, 0.2) is 0 Å². The molecular weight excluding hydrogens is 286 g/mol. The molecule has 0 unspecified atom stereocenters. The molecule has 0 saturated heterocycles. The van der Waals surface area contributed by atoms with Gasteiger partial charge in [-0.1, -0.05) is 11.6 Å². The van der Waals surface area contributed by atoms with E-state index in [0.717, 1.165) is 9.26 Å². The van der Waals surface area contributed by atoms with Gasteiger partial charge in [0.2, 0.25) is 0 Å². The van der Waals surface area contributed by atoms with Crippen molar-refractivity contribution in [2.45, 2.75) is 33.2 Å². The van der Waals surface area contributed by atoms with Gasteiger partial charge >= 0.3 is 0 Å². The molecule has 4 heteroatoms. The first-order valence-corrected chi connectivity index (χ1v) is 5.21. The van der Waals surface area contributed by atoms with Crippen molar-refractivity contribution >= 4 is 34.2 Å². The lowest BCUT2D eigenvalue weighted by Gasteiger charge is -2.20. The minimum absolute atomic E-state index is 0.0111. The highest BCUT2D eigenvalue weighted by Gasteiger charge is 2.20. The second kappa shape index (κ2) is 3.18. The van der Waals surface area contributed by atoms with E-state index in [1.165, 1.54) is 0 Å². The number of halogens is 2. The first-order chi connectivity index (χ1) is 5.34. The highest BCUT2D eigenvalue weighted by molar-refractivity contribution is 14.1. The van der Waals surface area contributed by atoms with E-state index in [0.29, 0.717) is 5.15 Å². The third-order valence-corrected chi connectivity index (χ3v) is 3.51. The SMILES string of the molecule is Cc1c(I)c(Cl)nn1C(C)(C)C. The molecule has 0 saturated carbocycles. The largest absolute Gasteiger partial charge is 0.262 e. The van der Waals surface area contributed by atoms with Gasteiger partial charge in [0, 0.05) is 0 Å². The van der Waals surface area contributed by atoms with Crippen molar-refractivity contribution in [3.63, 3.8) is 0 Å². The summed E-state index contributed by atoms with van der Waals surface area (Å²) in [4.78, 5) is 0. The standard InChI is InChI=1S/C8H12ClIN2/c1-5-6(10)7(9)11-12(5)8(2,3)4/h1-4H3. The van der Waals surface area contributed by atoms with Crippen LogP contribution in [0.2, 0.25) is 5.15 Å². The lowest BCUT2D eigenvalue weighted by atomic mass is 10.1. The molecule has 2 nitrogen and oxygen atoms in total. The van der Waals surface area contributed by atoms with Crippen molar-refractivity contribution in [2.75, 3.05) is 0 Å². The average molecular weight is 299 g/mol. The first kappa shape index (κ1) is 10.3. The number of aromatic nitrogens is 2. The predicted molar refractivity (Wildman–Crippen MR) is 59.7 cm³/mol. The van der Waals surface area contributed by atoms with E-state index >= 15 is 0 Å². The molecule has 0 bridgehead atoms. The molecule has 12 heavy (non-hydrogen) atoms. The Morgan fingerprint density at radius 1 is 1.42 bits per heavy atom. The summed E-state index contributed by atoms with van der Waals surface area (Å²) < 4.78 is 3.00. The van der Waals surface area contributed by atoms with Crippen molar-refractivity contribution in [3.8, 4) is 0 Å². The van der Waals surface area contributed by atoms with Gasteiger partial charge < -0.3 is 0 Å². The summed E-state index contributed by atoms with van der Waals surface area (Å²) in [5.74, 6) is 0. The molecule has 0 aliphatic carbocycles. The van der Waals surface area contributed by atoms with E-state index in [-0.39, 0.29) is 5.54 Å². The van der Waals surface area contributed by atoms with Crippen LogP contribution in [0.1, 0.15) is 26.5 Å². The average Bonchev–Trinajstić information content (AvgIpc) is 2.15. The number of hydrogen-bond donors (Lipinski definition) is 0. The number of nitrogens with zero attached hydrogens (tertiary/aromatic N) is 2. The van der Waals surface area contributed by atoms with Crippen LogP contribution < -0.4 is 0 Å². The molecule has 0 amide bonds. The zero-order valence-corrected chi connectivity index (χ0v) is 10.6. The normalized spacial score (nSPS) is 12.2. The van der Waals surface area contributed by atoms with Crippen LogP contribution in [0, 0.1) is 10.5 Å². The second-order valence-corrected chi connectivity index (χ2v) is 5.21. The van der Waals surface area contributed by atoms with Gasteiger partial charge in [-0.3, -0.25) is 4.68 Å². The first-order valence-electron chi connectivity index (χ1n) is 3.75. The van der Waals surface area contributed by atoms with Crippen molar-refractivity contribution in [3.05, 3.63) is 14.4 Å². The molecule has 1 rings (SSSR count). The molecule has 0 aromatic carbocycles. The lowest BCUT2D eigenvalue weighted by Crippen LogP contribution is -2.24. The van der Waals surface area contributed by atoms with Crippen molar-refractivity contribution in [1.82, 2.24) is 9.78 Å². The molecule has 0 atom stereocenters. The molecule has 1 aromatic rings. The van der Waals surface area contributed by atoms with E-state index in [2.05, 4.69) is 48.5 Å². The molecule has 68 valence electrons. The fourth-order valence-electron chi connectivity index (χ4n) is 1.10. The van der Waals surface area contributed by atoms with E-state index in [9.17, 15) is 0 Å². The summed E-state index contributed by atoms with van der Waals surface area (Å²) in [5, 5.41) is 4.86. The van der Waals surface area contributed by atoms with Gasteiger partial charge in [-0.15, -0.1) is 0 Å². The maximum atomic E-state index is 5.90. The maximum absolute atomic E-state index is 5.90. The quantitative estimate of drug-likeness (QED) is 0.673. The molecular formula is C8H12ClIN2. The molecule has 0 radical (unpaired) electrons. The van der Waals surface area contributed by atoms with Crippen LogP contribution in [-0.2, 0) is 5.54 Å². The zero-order chi connectivity index (χ0) is 9.52. The Labute approximate surface area is 91.4 Å². The minimum atomic E-state index is 0.0111. The summed E-state index contributed by atoms with van der Waals surface area (Å²) in [7, 11) is 0. The van der Waals surface area contributed by atoms with Crippen LogP contribution >= 0.6 is 34.2 Å². The van der Waals surface area contributed by atoms with Gasteiger partial charge in [0.05, 0.1) is 14.8 Å².